The number of anilines is 1. The van der Waals surface area contributed by atoms with Gasteiger partial charge in [0.15, 0.2) is 0 Å². The molecule has 108 valence electrons. The van der Waals surface area contributed by atoms with E-state index in [9.17, 15) is 0 Å². The molecule has 3 nitrogen and oxygen atoms in total. The fourth-order valence-corrected chi connectivity index (χ4v) is 2.73. The Bertz CT molecular complexity index is 600. The lowest BCUT2D eigenvalue weighted by Crippen LogP contribution is -2.12. The lowest BCUT2D eigenvalue weighted by Gasteiger charge is -2.14. The zero-order chi connectivity index (χ0) is 14.9. The van der Waals surface area contributed by atoms with Crippen molar-refractivity contribution in [3.05, 3.63) is 34.6 Å². The van der Waals surface area contributed by atoms with E-state index in [1.165, 1.54) is 0 Å². The quantitative estimate of drug-likeness (QED) is 0.881. The first-order valence-electron chi connectivity index (χ1n) is 7.02. The molecular weight excluding hydrogens is 314 g/mol. The molecule has 0 radical (unpaired) electrons. The summed E-state index contributed by atoms with van der Waals surface area (Å²) >= 11 is 3.50. The van der Waals surface area contributed by atoms with Crippen LogP contribution in [0.4, 0.5) is 5.82 Å². The normalized spacial score (nSPS) is 11.6. The number of nitrogen functional groups attached to an aromatic ring is 1. The Morgan fingerprint density at radius 2 is 1.95 bits per heavy atom. The monoisotopic (exact) mass is 335 g/mol. The average Bonchev–Trinajstić information content (AvgIpc) is 2.67. The number of hydrogen-bond donors (Lipinski definition) is 1. The van der Waals surface area contributed by atoms with E-state index in [-0.39, 0.29) is 0 Å². The van der Waals surface area contributed by atoms with E-state index in [1.807, 2.05) is 18.2 Å². The molecule has 0 unspecified atom stereocenters. The van der Waals surface area contributed by atoms with Crippen LogP contribution in [0.25, 0.3) is 11.3 Å². The van der Waals surface area contributed by atoms with Gasteiger partial charge in [0.05, 0.1) is 0 Å². The van der Waals surface area contributed by atoms with E-state index >= 15 is 0 Å². The van der Waals surface area contributed by atoms with Gasteiger partial charge in [0.25, 0.3) is 0 Å². The van der Waals surface area contributed by atoms with E-state index in [1.54, 1.807) is 0 Å². The molecule has 0 atom stereocenters. The molecule has 2 N–H and O–H groups in total. The summed E-state index contributed by atoms with van der Waals surface area (Å²) in [5.74, 6) is 2.72. The number of hydrogen-bond acceptors (Lipinski definition) is 2. The minimum Gasteiger partial charge on any atom is -0.383 e. The molecule has 0 aliphatic carbocycles. The highest BCUT2D eigenvalue weighted by Gasteiger charge is 2.18. The summed E-state index contributed by atoms with van der Waals surface area (Å²) in [7, 11) is 0. The molecule has 0 amide bonds. The van der Waals surface area contributed by atoms with Crippen molar-refractivity contribution in [1.29, 1.82) is 0 Å². The Kier molecular flexibility index (Phi) is 4.53. The van der Waals surface area contributed by atoms with Crippen LogP contribution in [0.1, 0.15) is 39.4 Å². The zero-order valence-electron chi connectivity index (χ0n) is 12.5. The third-order valence-corrected chi connectivity index (χ3v) is 3.69. The van der Waals surface area contributed by atoms with E-state index < -0.39 is 0 Å². The molecule has 20 heavy (non-hydrogen) atoms. The van der Waals surface area contributed by atoms with Gasteiger partial charge in [-0.1, -0.05) is 55.8 Å². The molecule has 4 heteroatoms. The van der Waals surface area contributed by atoms with Gasteiger partial charge in [-0.05, 0) is 18.1 Å². The van der Waals surface area contributed by atoms with Gasteiger partial charge in [0.2, 0.25) is 0 Å². The number of rotatable bonds is 4. The van der Waals surface area contributed by atoms with Crippen LogP contribution in [0.15, 0.2) is 28.7 Å². The van der Waals surface area contributed by atoms with Gasteiger partial charge in [-0.2, -0.15) is 0 Å². The highest BCUT2D eigenvalue weighted by Crippen LogP contribution is 2.31. The first-order valence-corrected chi connectivity index (χ1v) is 7.81. The Hall–Kier alpha value is -1.29. The predicted molar refractivity (Wildman–Crippen MR) is 88.7 cm³/mol. The van der Waals surface area contributed by atoms with Crippen LogP contribution in [0.3, 0.4) is 0 Å². The van der Waals surface area contributed by atoms with E-state index in [0.717, 1.165) is 33.9 Å². The van der Waals surface area contributed by atoms with Gasteiger partial charge in [-0.25, -0.2) is 4.98 Å². The fraction of sp³-hybridized carbons (Fsp3) is 0.438. The van der Waals surface area contributed by atoms with Crippen molar-refractivity contribution in [3.8, 4) is 11.3 Å². The van der Waals surface area contributed by atoms with Gasteiger partial charge >= 0.3 is 0 Å². The molecule has 0 aliphatic heterocycles. The smallest absolute Gasteiger partial charge is 0.131 e. The second-order valence-electron chi connectivity index (χ2n) is 5.87. The fourth-order valence-electron chi connectivity index (χ4n) is 2.33. The van der Waals surface area contributed by atoms with Gasteiger partial charge in [0, 0.05) is 22.5 Å². The molecule has 0 aliphatic rings. The molecule has 1 heterocycles. The first kappa shape index (κ1) is 15.1. The molecule has 0 saturated carbocycles. The number of halogens is 1. The van der Waals surface area contributed by atoms with Gasteiger partial charge in [0.1, 0.15) is 17.3 Å². The van der Waals surface area contributed by atoms with E-state index in [4.69, 9.17) is 10.7 Å². The molecule has 2 aromatic rings. The number of nitrogens with two attached hydrogens (primary N) is 1. The third kappa shape index (κ3) is 3.06. The topological polar surface area (TPSA) is 43.8 Å². The molecule has 0 bridgehead atoms. The largest absolute Gasteiger partial charge is 0.383 e. The van der Waals surface area contributed by atoms with Crippen LogP contribution in [0.2, 0.25) is 0 Å². The van der Waals surface area contributed by atoms with Crippen molar-refractivity contribution in [2.24, 2.45) is 5.92 Å². The van der Waals surface area contributed by atoms with Crippen molar-refractivity contribution >= 4 is 21.7 Å². The molecule has 0 saturated heterocycles. The third-order valence-electron chi connectivity index (χ3n) is 3.20. The highest BCUT2D eigenvalue weighted by molar-refractivity contribution is 9.10. The summed E-state index contributed by atoms with van der Waals surface area (Å²) in [5.41, 5.74) is 8.30. The van der Waals surface area contributed by atoms with Crippen LogP contribution >= 0.6 is 15.9 Å². The second kappa shape index (κ2) is 6.00. The van der Waals surface area contributed by atoms with Crippen LogP contribution in [0, 0.1) is 5.92 Å². The number of imidazole rings is 1. The maximum atomic E-state index is 6.36. The zero-order valence-corrected chi connectivity index (χ0v) is 14.1. The van der Waals surface area contributed by atoms with Crippen LogP contribution in [-0.4, -0.2) is 9.55 Å². The molecule has 0 fully saturated rings. The molecular formula is C16H22BrN3. The van der Waals surface area contributed by atoms with Crippen molar-refractivity contribution in [2.45, 2.75) is 40.2 Å². The van der Waals surface area contributed by atoms with Gasteiger partial charge < -0.3 is 10.3 Å². The van der Waals surface area contributed by atoms with Crippen LogP contribution in [0.5, 0.6) is 0 Å². The number of nitrogens with zero attached hydrogens (tertiary/aromatic N) is 2. The number of aromatic nitrogens is 2. The minimum absolute atomic E-state index is 0.358. The van der Waals surface area contributed by atoms with Gasteiger partial charge in [-0.3, -0.25) is 0 Å². The predicted octanol–water partition coefficient (Wildman–Crippen LogP) is 4.67. The summed E-state index contributed by atoms with van der Waals surface area (Å²) in [5, 5.41) is 0. The lowest BCUT2D eigenvalue weighted by atomic mass is 10.1. The maximum absolute atomic E-state index is 6.36. The standard InChI is InChI=1S/C16H22BrN3/c1-10(2)9-20-15(18)14(19-16(20)11(3)4)12-6-5-7-13(17)8-12/h5-8,10-11H,9,18H2,1-4H3. The molecule has 2 rings (SSSR count). The Morgan fingerprint density at radius 1 is 1.25 bits per heavy atom. The summed E-state index contributed by atoms with van der Waals surface area (Å²) in [6.07, 6.45) is 0. The lowest BCUT2D eigenvalue weighted by molar-refractivity contribution is 0.502. The Labute approximate surface area is 129 Å². The van der Waals surface area contributed by atoms with E-state index in [0.29, 0.717) is 11.8 Å². The van der Waals surface area contributed by atoms with E-state index in [2.05, 4.69) is 54.3 Å². The average molecular weight is 336 g/mol. The minimum atomic E-state index is 0.358. The van der Waals surface area contributed by atoms with Crippen molar-refractivity contribution in [2.75, 3.05) is 5.73 Å². The summed E-state index contributed by atoms with van der Waals surface area (Å²) in [6.45, 7) is 9.61. The second-order valence-corrected chi connectivity index (χ2v) is 6.79. The van der Waals surface area contributed by atoms with Crippen molar-refractivity contribution in [3.63, 3.8) is 0 Å². The summed E-state index contributed by atoms with van der Waals surface area (Å²) < 4.78 is 3.20. The van der Waals surface area contributed by atoms with Crippen LogP contribution in [-0.2, 0) is 6.54 Å². The number of benzene rings is 1. The SMILES string of the molecule is CC(C)Cn1c(C(C)C)nc(-c2cccc(Br)c2)c1N. The highest BCUT2D eigenvalue weighted by atomic mass is 79.9. The van der Waals surface area contributed by atoms with Crippen LogP contribution < -0.4 is 5.73 Å². The van der Waals surface area contributed by atoms with Crippen molar-refractivity contribution < 1.29 is 0 Å². The maximum Gasteiger partial charge on any atom is 0.131 e. The van der Waals surface area contributed by atoms with Gasteiger partial charge in [-0.15, -0.1) is 0 Å². The molecule has 0 spiro atoms. The Morgan fingerprint density at radius 3 is 2.50 bits per heavy atom. The first-order chi connectivity index (χ1) is 9.40. The summed E-state index contributed by atoms with van der Waals surface area (Å²) in [6, 6.07) is 8.12. The van der Waals surface area contributed by atoms with Crippen molar-refractivity contribution in [1.82, 2.24) is 9.55 Å². The molecule has 1 aromatic carbocycles. The summed E-state index contributed by atoms with van der Waals surface area (Å²) in [4.78, 5) is 4.79. The molecule has 1 aromatic heterocycles. The Balaban J connectivity index is 2.55.